The van der Waals surface area contributed by atoms with Gasteiger partial charge < -0.3 is 10.3 Å². The molecule has 0 saturated carbocycles. The molecule has 0 amide bonds. The van der Waals surface area contributed by atoms with Crippen LogP contribution in [0, 0.1) is 0 Å². The highest BCUT2D eigenvalue weighted by Gasteiger charge is 2.01. The highest BCUT2D eigenvalue weighted by molar-refractivity contribution is 6.30. The van der Waals surface area contributed by atoms with E-state index >= 15 is 0 Å². The summed E-state index contributed by atoms with van der Waals surface area (Å²) in [5.74, 6) is 0.544. The van der Waals surface area contributed by atoms with Crippen molar-refractivity contribution in [3.05, 3.63) is 47.7 Å². The maximum absolute atomic E-state index is 5.90. The Balaban J connectivity index is 1.94. The highest BCUT2D eigenvalue weighted by atomic mass is 35.5. The molecule has 0 saturated heterocycles. The molecule has 0 aliphatic rings. The van der Waals surface area contributed by atoms with Crippen LogP contribution in [-0.2, 0) is 0 Å². The van der Waals surface area contributed by atoms with Crippen LogP contribution in [0.1, 0.15) is 0 Å². The van der Waals surface area contributed by atoms with E-state index in [2.05, 4.69) is 20.3 Å². The van der Waals surface area contributed by atoms with Gasteiger partial charge >= 0.3 is 0 Å². The number of benzene rings is 1. The molecule has 0 aliphatic heterocycles. The molecule has 3 rings (SSSR count). The predicted molar refractivity (Wildman–Crippen MR) is 68.6 cm³/mol. The second kappa shape index (κ2) is 4.07. The van der Waals surface area contributed by atoms with Crippen molar-refractivity contribution in [1.29, 1.82) is 0 Å². The van der Waals surface area contributed by atoms with E-state index in [0.29, 0.717) is 11.0 Å². The predicted octanol–water partition coefficient (Wildman–Crippen LogP) is 3.35. The molecule has 5 heteroatoms. The lowest BCUT2D eigenvalue weighted by Gasteiger charge is -2.04. The number of hydrogen-bond acceptors (Lipinski definition) is 3. The largest absolute Gasteiger partial charge is 0.346 e. The summed E-state index contributed by atoms with van der Waals surface area (Å²) in [5.41, 5.74) is 1.67. The number of rotatable bonds is 2. The molecule has 84 valence electrons. The lowest BCUT2D eigenvalue weighted by molar-refractivity contribution is 1.19. The fraction of sp³-hybridized carbons (Fsp3) is 0. The maximum Gasteiger partial charge on any atom is 0.229 e. The van der Waals surface area contributed by atoms with E-state index in [0.717, 1.165) is 16.7 Å². The number of fused-ring (bicyclic) bond motifs is 1. The van der Waals surface area contributed by atoms with Crippen LogP contribution in [0.2, 0.25) is 5.02 Å². The minimum absolute atomic E-state index is 0.544. The van der Waals surface area contributed by atoms with Gasteiger partial charge in [-0.05, 0) is 24.3 Å². The number of H-pyrrole nitrogens is 1. The molecular weight excluding hydrogens is 236 g/mol. The number of anilines is 2. The zero-order valence-corrected chi connectivity index (χ0v) is 9.57. The third kappa shape index (κ3) is 2.07. The van der Waals surface area contributed by atoms with Crippen LogP contribution in [0.4, 0.5) is 11.6 Å². The van der Waals surface area contributed by atoms with E-state index < -0.39 is 0 Å². The van der Waals surface area contributed by atoms with Gasteiger partial charge in [0.2, 0.25) is 5.95 Å². The zero-order valence-electron chi connectivity index (χ0n) is 8.81. The molecule has 0 bridgehead atoms. The molecule has 0 fully saturated rings. The van der Waals surface area contributed by atoms with Gasteiger partial charge in [-0.2, -0.15) is 4.98 Å². The van der Waals surface area contributed by atoms with Gasteiger partial charge in [0.15, 0.2) is 0 Å². The molecule has 0 radical (unpaired) electrons. The van der Waals surface area contributed by atoms with E-state index in [-0.39, 0.29) is 0 Å². The van der Waals surface area contributed by atoms with Crippen molar-refractivity contribution < 1.29 is 0 Å². The van der Waals surface area contributed by atoms with Crippen molar-refractivity contribution in [3.63, 3.8) is 0 Å². The lowest BCUT2D eigenvalue weighted by Crippen LogP contribution is -1.96. The summed E-state index contributed by atoms with van der Waals surface area (Å²) < 4.78 is 0. The molecular formula is C12H9ClN4. The standard InChI is InChI=1S/C12H9ClN4/c13-9-2-1-3-10(6-9)16-12-15-7-8-4-5-14-11(8)17-12/h1-7H,(H2,14,15,16,17). The Morgan fingerprint density at radius 2 is 2.18 bits per heavy atom. The first-order valence-electron chi connectivity index (χ1n) is 5.14. The summed E-state index contributed by atoms with van der Waals surface area (Å²) in [5, 5.41) is 4.76. The van der Waals surface area contributed by atoms with E-state index in [1.807, 2.05) is 36.5 Å². The smallest absolute Gasteiger partial charge is 0.229 e. The summed E-state index contributed by atoms with van der Waals surface area (Å²) in [6.45, 7) is 0. The van der Waals surface area contributed by atoms with Gasteiger partial charge in [-0.1, -0.05) is 17.7 Å². The Labute approximate surface area is 103 Å². The van der Waals surface area contributed by atoms with Crippen LogP contribution in [0.3, 0.4) is 0 Å². The zero-order chi connectivity index (χ0) is 11.7. The minimum atomic E-state index is 0.544. The molecule has 17 heavy (non-hydrogen) atoms. The Morgan fingerprint density at radius 1 is 1.24 bits per heavy atom. The number of aromatic amines is 1. The SMILES string of the molecule is Clc1cccc(Nc2ncc3cc[nH]c3n2)c1. The molecule has 0 spiro atoms. The third-order valence-corrected chi connectivity index (χ3v) is 2.62. The van der Waals surface area contributed by atoms with Crippen LogP contribution in [-0.4, -0.2) is 15.0 Å². The number of aromatic nitrogens is 3. The van der Waals surface area contributed by atoms with Crippen molar-refractivity contribution in [2.45, 2.75) is 0 Å². The van der Waals surface area contributed by atoms with Crippen LogP contribution < -0.4 is 5.32 Å². The van der Waals surface area contributed by atoms with E-state index in [9.17, 15) is 0 Å². The van der Waals surface area contributed by atoms with Crippen LogP contribution >= 0.6 is 11.6 Å². The topological polar surface area (TPSA) is 53.6 Å². The van der Waals surface area contributed by atoms with Crippen molar-refractivity contribution in [2.24, 2.45) is 0 Å². The van der Waals surface area contributed by atoms with Crippen molar-refractivity contribution in [2.75, 3.05) is 5.32 Å². The first-order chi connectivity index (χ1) is 8.31. The first-order valence-corrected chi connectivity index (χ1v) is 5.52. The Morgan fingerprint density at radius 3 is 3.06 bits per heavy atom. The minimum Gasteiger partial charge on any atom is -0.346 e. The van der Waals surface area contributed by atoms with Gasteiger partial charge in [0.25, 0.3) is 0 Å². The van der Waals surface area contributed by atoms with Crippen molar-refractivity contribution in [3.8, 4) is 0 Å². The maximum atomic E-state index is 5.90. The summed E-state index contributed by atoms with van der Waals surface area (Å²) in [7, 11) is 0. The number of nitrogens with zero attached hydrogens (tertiary/aromatic N) is 2. The van der Waals surface area contributed by atoms with E-state index in [1.165, 1.54) is 0 Å². The van der Waals surface area contributed by atoms with Crippen LogP contribution in [0.5, 0.6) is 0 Å². The average molecular weight is 245 g/mol. The van der Waals surface area contributed by atoms with Crippen molar-refractivity contribution >= 4 is 34.3 Å². The van der Waals surface area contributed by atoms with Gasteiger partial charge in [-0.25, -0.2) is 4.98 Å². The van der Waals surface area contributed by atoms with E-state index in [4.69, 9.17) is 11.6 Å². The summed E-state index contributed by atoms with van der Waals surface area (Å²) >= 11 is 5.90. The lowest BCUT2D eigenvalue weighted by atomic mass is 10.3. The summed E-state index contributed by atoms with van der Waals surface area (Å²) in [4.78, 5) is 11.6. The molecule has 1 aromatic carbocycles. The second-order valence-corrected chi connectivity index (χ2v) is 4.05. The Kier molecular flexibility index (Phi) is 2.42. The molecule has 2 heterocycles. The highest BCUT2D eigenvalue weighted by Crippen LogP contribution is 2.18. The van der Waals surface area contributed by atoms with Crippen molar-refractivity contribution in [1.82, 2.24) is 15.0 Å². The quantitative estimate of drug-likeness (QED) is 0.727. The molecule has 0 aliphatic carbocycles. The van der Waals surface area contributed by atoms with E-state index in [1.54, 1.807) is 6.20 Å². The molecule has 3 aromatic rings. The Hall–Kier alpha value is -2.07. The second-order valence-electron chi connectivity index (χ2n) is 3.61. The van der Waals surface area contributed by atoms with Gasteiger partial charge in [-0.3, -0.25) is 0 Å². The molecule has 4 nitrogen and oxygen atoms in total. The molecule has 2 N–H and O–H groups in total. The van der Waals surface area contributed by atoms with Gasteiger partial charge in [0.1, 0.15) is 5.65 Å². The fourth-order valence-corrected chi connectivity index (χ4v) is 1.78. The molecule has 2 aromatic heterocycles. The molecule has 0 unspecified atom stereocenters. The van der Waals surface area contributed by atoms with Crippen LogP contribution in [0.15, 0.2) is 42.7 Å². The van der Waals surface area contributed by atoms with Gasteiger partial charge in [0, 0.05) is 28.5 Å². The Bertz CT molecular complexity index is 662. The average Bonchev–Trinajstić information content (AvgIpc) is 2.76. The fourth-order valence-electron chi connectivity index (χ4n) is 1.59. The number of hydrogen-bond donors (Lipinski definition) is 2. The monoisotopic (exact) mass is 244 g/mol. The van der Waals surface area contributed by atoms with Crippen LogP contribution in [0.25, 0.3) is 11.0 Å². The third-order valence-electron chi connectivity index (χ3n) is 2.38. The van der Waals surface area contributed by atoms with Gasteiger partial charge in [-0.15, -0.1) is 0 Å². The van der Waals surface area contributed by atoms with Gasteiger partial charge in [0.05, 0.1) is 0 Å². The number of nitrogens with one attached hydrogen (secondary N) is 2. The summed E-state index contributed by atoms with van der Waals surface area (Å²) in [6, 6.07) is 9.36. The summed E-state index contributed by atoms with van der Waals surface area (Å²) in [6.07, 6.45) is 3.61. The molecule has 0 atom stereocenters. The normalized spacial score (nSPS) is 10.6. The first kappa shape index (κ1) is 10.1. The number of halogens is 1.